The van der Waals surface area contributed by atoms with Crippen LogP contribution in [-0.2, 0) is 20.7 Å². The zero-order chi connectivity index (χ0) is 13.7. The molecule has 0 saturated carbocycles. The van der Waals surface area contributed by atoms with Gasteiger partial charge in [-0.3, -0.25) is 14.7 Å². The summed E-state index contributed by atoms with van der Waals surface area (Å²) in [5, 5.41) is 6.86. The van der Waals surface area contributed by atoms with Gasteiger partial charge in [0.25, 0.3) is 0 Å². The van der Waals surface area contributed by atoms with Crippen molar-refractivity contribution in [1.82, 2.24) is 15.1 Å². The number of esters is 1. The molecule has 6 nitrogen and oxygen atoms in total. The molecule has 0 atom stereocenters. The number of rotatable bonds is 5. The molecule has 1 aromatic rings. The highest BCUT2D eigenvalue weighted by atomic mass is 16.5. The predicted octanol–water partition coefficient (Wildman–Crippen LogP) is 0.591. The number of ether oxygens (including phenoxy) is 1. The van der Waals surface area contributed by atoms with Crippen molar-refractivity contribution in [1.29, 1.82) is 0 Å². The molecule has 0 unspecified atom stereocenters. The second kappa shape index (κ2) is 6.18. The molecule has 1 aromatic heterocycles. The smallest absolute Gasteiger partial charge is 0.325 e. The van der Waals surface area contributed by atoms with E-state index < -0.39 is 5.97 Å². The maximum atomic E-state index is 11.9. The molecule has 100 valence electrons. The quantitative estimate of drug-likeness (QED) is 0.779. The SMILES string of the molecule is CCOC(=O)CN(C)C(=O)Cc1c(C)n[nH]c1C. The van der Waals surface area contributed by atoms with E-state index in [0.29, 0.717) is 6.61 Å². The molecule has 0 aliphatic carbocycles. The van der Waals surface area contributed by atoms with E-state index >= 15 is 0 Å². The van der Waals surface area contributed by atoms with Crippen LogP contribution < -0.4 is 0 Å². The minimum absolute atomic E-state index is 0.0252. The van der Waals surface area contributed by atoms with E-state index in [9.17, 15) is 9.59 Å². The van der Waals surface area contributed by atoms with E-state index in [1.165, 1.54) is 4.90 Å². The third-order valence-electron chi connectivity index (χ3n) is 2.71. The van der Waals surface area contributed by atoms with Crippen LogP contribution in [0, 0.1) is 13.8 Å². The van der Waals surface area contributed by atoms with Gasteiger partial charge < -0.3 is 9.64 Å². The number of carbonyl (C=O) groups excluding carboxylic acids is 2. The Labute approximate surface area is 106 Å². The Hall–Kier alpha value is -1.85. The van der Waals surface area contributed by atoms with Gasteiger partial charge in [0, 0.05) is 18.3 Å². The number of carbonyl (C=O) groups is 2. The van der Waals surface area contributed by atoms with Gasteiger partial charge in [0.1, 0.15) is 6.54 Å². The summed E-state index contributed by atoms with van der Waals surface area (Å²) < 4.78 is 4.79. The van der Waals surface area contributed by atoms with E-state index in [2.05, 4.69) is 10.2 Å². The number of amides is 1. The van der Waals surface area contributed by atoms with Crippen LogP contribution >= 0.6 is 0 Å². The molecule has 0 aromatic carbocycles. The highest BCUT2D eigenvalue weighted by Crippen LogP contribution is 2.11. The van der Waals surface area contributed by atoms with Gasteiger partial charge in [0.2, 0.25) is 5.91 Å². The lowest BCUT2D eigenvalue weighted by Crippen LogP contribution is -2.34. The van der Waals surface area contributed by atoms with Crippen molar-refractivity contribution in [2.75, 3.05) is 20.2 Å². The number of nitrogens with zero attached hydrogens (tertiary/aromatic N) is 2. The number of aromatic amines is 1. The standard InChI is InChI=1S/C12H19N3O3/c1-5-18-12(17)7-15(4)11(16)6-10-8(2)13-14-9(10)3/h5-7H2,1-4H3,(H,13,14). The molecule has 1 heterocycles. The first kappa shape index (κ1) is 14.2. The molecule has 6 heteroatoms. The van der Waals surface area contributed by atoms with Crippen LogP contribution in [0.4, 0.5) is 0 Å². The molecular formula is C12H19N3O3. The number of hydrogen-bond donors (Lipinski definition) is 1. The molecule has 0 aliphatic heterocycles. The second-order valence-corrected chi connectivity index (χ2v) is 4.14. The number of hydrogen-bond acceptors (Lipinski definition) is 4. The molecule has 0 aliphatic rings. The zero-order valence-corrected chi connectivity index (χ0v) is 11.2. The molecule has 0 bridgehead atoms. The Morgan fingerprint density at radius 3 is 2.56 bits per heavy atom. The van der Waals surface area contributed by atoms with Gasteiger partial charge in [0.15, 0.2) is 0 Å². The van der Waals surface area contributed by atoms with Crippen LogP contribution in [0.5, 0.6) is 0 Å². The molecule has 18 heavy (non-hydrogen) atoms. The van der Waals surface area contributed by atoms with Crippen LogP contribution in [0.25, 0.3) is 0 Å². The van der Waals surface area contributed by atoms with E-state index in [4.69, 9.17) is 4.74 Å². The summed E-state index contributed by atoms with van der Waals surface area (Å²) in [5.74, 6) is -0.523. The predicted molar refractivity (Wildman–Crippen MR) is 66.0 cm³/mol. The molecule has 0 fully saturated rings. The Balaban J connectivity index is 2.58. The molecule has 1 rings (SSSR count). The van der Waals surface area contributed by atoms with Gasteiger partial charge in [-0.15, -0.1) is 0 Å². The molecule has 1 N–H and O–H groups in total. The number of H-pyrrole nitrogens is 1. The lowest BCUT2D eigenvalue weighted by molar-refractivity contribution is -0.147. The zero-order valence-electron chi connectivity index (χ0n) is 11.2. The summed E-state index contributed by atoms with van der Waals surface area (Å²) in [6.45, 7) is 5.74. The third-order valence-corrected chi connectivity index (χ3v) is 2.71. The van der Waals surface area contributed by atoms with Crippen LogP contribution in [0.2, 0.25) is 0 Å². The number of aromatic nitrogens is 2. The summed E-state index contributed by atoms with van der Waals surface area (Å²) in [5.41, 5.74) is 2.58. The van der Waals surface area contributed by atoms with Crippen molar-refractivity contribution in [2.45, 2.75) is 27.2 Å². The fraction of sp³-hybridized carbons (Fsp3) is 0.583. The fourth-order valence-electron chi connectivity index (χ4n) is 1.61. The van der Waals surface area contributed by atoms with E-state index in [1.54, 1.807) is 14.0 Å². The van der Waals surface area contributed by atoms with E-state index in [-0.39, 0.29) is 18.9 Å². The molecule has 0 saturated heterocycles. The minimum Gasteiger partial charge on any atom is -0.465 e. The summed E-state index contributed by atoms with van der Waals surface area (Å²) in [6.07, 6.45) is 0.240. The molecule has 0 spiro atoms. The Kier molecular flexibility index (Phi) is 4.88. The Bertz CT molecular complexity index is 420. The third kappa shape index (κ3) is 3.58. The van der Waals surface area contributed by atoms with Crippen molar-refractivity contribution in [3.05, 3.63) is 17.0 Å². The lowest BCUT2D eigenvalue weighted by atomic mass is 10.1. The van der Waals surface area contributed by atoms with Crippen molar-refractivity contribution >= 4 is 11.9 Å². The average Bonchev–Trinajstić information content (AvgIpc) is 2.60. The van der Waals surface area contributed by atoms with Crippen molar-refractivity contribution < 1.29 is 14.3 Å². The Morgan fingerprint density at radius 1 is 1.39 bits per heavy atom. The van der Waals surface area contributed by atoms with Gasteiger partial charge >= 0.3 is 5.97 Å². The van der Waals surface area contributed by atoms with Crippen LogP contribution in [0.1, 0.15) is 23.9 Å². The van der Waals surface area contributed by atoms with Crippen LogP contribution in [0.15, 0.2) is 0 Å². The van der Waals surface area contributed by atoms with Gasteiger partial charge in [-0.25, -0.2) is 0 Å². The summed E-state index contributed by atoms with van der Waals surface area (Å²) in [7, 11) is 1.59. The molecule has 0 radical (unpaired) electrons. The first-order chi connectivity index (χ1) is 8.45. The highest BCUT2D eigenvalue weighted by molar-refractivity contribution is 5.83. The summed E-state index contributed by atoms with van der Waals surface area (Å²) in [6, 6.07) is 0. The van der Waals surface area contributed by atoms with Crippen LogP contribution in [-0.4, -0.2) is 47.2 Å². The number of likely N-dealkylation sites (N-methyl/N-ethyl adjacent to an activating group) is 1. The summed E-state index contributed by atoms with van der Waals surface area (Å²) >= 11 is 0. The van der Waals surface area contributed by atoms with E-state index in [1.807, 2.05) is 13.8 Å². The maximum absolute atomic E-state index is 11.9. The Morgan fingerprint density at radius 2 is 2.06 bits per heavy atom. The van der Waals surface area contributed by atoms with Gasteiger partial charge in [-0.1, -0.05) is 0 Å². The highest BCUT2D eigenvalue weighted by Gasteiger charge is 2.17. The van der Waals surface area contributed by atoms with Gasteiger partial charge in [0.05, 0.1) is 18.7 Å². The normalized spacial score (nSPS) is 10.2. The lowest BCUT2D eigenvalue weighted by Gasteiger charge is -2.16. The first-order valence-electron chi connectivity index (χ1n) is 5.85. The first-order valence-corrected chi connectivity index (χ1v) is 5.85. The van der Waals surface area contributed by atoms with Crippen molar-refractivity contribution in [2.24, 2.45) is 0 Å². The minimum atomic E-state index is -0.394. The summed E-state index contributed by atoms with van der Waals surface area (Å²) in [4.78, 5) is 24.6. The number of aryl methyl sites for hydroxylation is 2. The monoisotopic (exact) mass is 253 g/mol. The molecule has 1 amide bonds. The van der Waals surface area contributed by atoms with Crippen molar-refractivity contribution in [3.63, 3.8) is 0 Å². The maximum Gasteiger partial charge on any atom is 0.325 e. The van der Waals surface area contributed by atoms with Crippen LogP contribution in [0.3, 0.4) is 0 Å². The van der Waals surface area contributed by atoms with Gasteiger partial charge in [-0.05, 0) is 20.8 Å². The van der Waals surface area contributed by atoms with E-state index in [0.717, 1.165) is 17.0 Å². The second-order valence-electron chi connectivity index (χ2n) is 4.14. The average molecular weight is 253 g/mol. The number of nitrogens with one attached hydrogen (secondary N) is 1. The molecular weight excluding hydrogens is 234 g/mol. The largest absolute Gasteiger partial charge is 0.465 e. The van der Waals surface area contributed by atoms with Gasteiger partial charge in [-0.2, -0.15) is 5.10 Å². The van der Waals surface area contributed by atoms with Crippen molar-refractivity contribution in [3.8, 4) is 0 Å². The fourth-order valence-corrected chi connectivity index (χ4v) is 1.61. The topological polar surface area (TPSA) is 75.3 Å².